The first-order valence-corrected chi connectivity index (χ1v) is 6.74. The Kier molecular flexibility index (Phi) is 5.41. The zero-order chi connectivity index (χ0) is 14.4. The van der Waals surface area contributed by atoms with E-state index in [0.717, 1.165) is 5.56 Å². The van der Waals surface area contributed by atoms with Gasteiger partial charge in [0.25, 0.3) is 0 Å². The third-order valence-electron chi connectivity index (χ3n) is 2.92. The third kappa shape index (κ3) is 3.73. The van der Waals surface area contributed by atoms with Crippen LogP contribution in [0.4, 0.5) is 0 Å². The lowest BCUT2D eigenvalue weighted by Gasteiger charge is -2.16. The standard InChI is InChI=1S/C16H17ClO3/c1-19-9-10-20-15-8-3-2-7-14(15)16(18)12-5-4-6-13(17)11-12/h2-8,11,16,18H,9-10H2,1H3. The molecular weight excluding hydrogens is 276 g/mol. The Morgan fingerprint density at radius 1 is 1.10 bits per heavy atom. The minimum absolute atomic E-state index is 0.440. The second kappa shape index (κ2) is 7.29. The lowest BCUT2D eigenvalue weighted by Crippen LogP contribution is -2.08. The Bertz CT molecular complexity index is 557. The van der Waals surface area contributed by atoms with E-state index in [9.17, 15) is 5.11 Å². The normalized spacial score (nSPS) is 12.2. The lowest BCUT2D eigenvalue weighted by molar-refractivity contribution is 0.142. The number of methoxy groups -OCH3 is 1. The van der Waals surface area contributed by atoms with Crippen molar-refractivity contribution in [3.8, 4) is 5.75 Å². The third-order valence-corrected chi connectivity index (χ3v) is 3.16. The van der Waals surface area contributed by atoms with Crippen molar-refractivity contribution in [1.29, 1.82) is 0 Å². The number of halogens is 1. The summed E-state index contributed by atoms with van der Waals surface area (Å²) in [5, 5.41) is 11.1. The first kappa shape index (κ1) is 14.9. The number of aliphatic hydroxyl groups excluding tert-OH is 1. The van der Waals surface area contributed by atoms with Gasteiger partial charge in [0, 0.05) is 17.7 Å². The molecule has 2 aromatic rings. The summed E-state index contributed by atoms with van der Waals surface area (Å²) in [5.41, 5.74) is 1.45. The van der Waals surface area contributed by atoms with E-state index < -0.39 is 6.10 Å². The molecule has 1 unspecified atom stereocenters. The van der Waals surface area contributed by atoms with Crippen molar-refractivity contribution < 1.29 is 14.6 Å². The van der Waals surface area contributed by atoms with Crippen molar-refractivity contribution in [3.05, 3.63) is 64.7 Å². The van der Waals surface area contributed by atoms with Crippen LogP contribution in [0, 0.1) is 0 Å². The van der Waals surface area contributed by atoms with E-state index in [1.165, 1.54) is 0 Å². The van der Waals surface area contributed by atoms with Gasteiger partial charge in [-0.2, -0.15) is 0 Å². The molecule has 0 radical (unpaired) electrons. The van der Waals surface area contributed by atoms with E-state index in [1.807, 2.05) is 36.4 Å². The quantitative estimate of drug-likeness (QED) is 0.829. The van der Waals surface area contributed by atoms with Crippen LogP contribution in [0.5, 0.6) is 5.75 Å². The molecule has 0 aliphatic rings. The van der Waals surface area contributed by atoms with Gasteiger partial charge in [-0.05, 0) is 23.8 Å². The van der Waals surface area contributed by atoms with Crippen LogP contribution in [0.1, 0.15) is 17.2 Å². The molecule has 0 aliphatic carbocycles. The van der Waals surface area contributed by atoms with E-state index in [2.05, 4.69) is 0 Å². The number of benzene rings is 2. The maximum Gasteiger partial charge on any atom is 0.125 e. The van der Waals surface area contributed by atoms with Crippen LogP contribution in [-0.2, 0) is 4.74 Å². The fourth-order valence-electron chi connectivity index (χ4n) is 1.93. The van der Waals surface area contributed by atoms with Gasteiger partial charge in [-0.25, -0.2) is 0 Å². The zero-order valence-corrected chi connectivity index (χ0v) is 12.0. The van der Waals surface area contributed by atoms with Gasteiger partial charge in [0.1, 0.15) is 18.5 Å². The van der Waals surface area contributed by atoms with Gasteiger partial charge in [0.2, 0.25) is 0 Å². The molecule has 0 aromatic heterocycles. The van der Waals surface area contributed by atoms with Crippen molar-refractivity contribution >= 4 is 11.6 Å². The molecule has 0 heterocycles. The Balaban J connectivity index is 2.23. The predicted molar refractivity (Wildman–Crippen MR) is 79.3 cm³/mol. The SMILES string of the molecule is COCCOc1ccccc1C(O)c1cccc(Cl)c1. The summed E-state index contributed by atoms with van der Waals surface area (Å²) in [5.74, 6) is 0.650. The van der Waals surface area contributed by atoms with E-state index in [0.29, 0.717) is 29.5 Å². The average molecular weight is 293 g/mol. The number of para-hydroxylation sites is 1. The van der Waals surface area contributed by atoms with E-state index in [-0.39, 0.29) is 0 Å². The molecule has 0 saturated carbocycles. The van der Waals surface area contributed by atoms with Gasteiger partial charge in [0.05, 0.1) is 6.61 Å². The van der Waals surface area contributed by atoms with E-state index >= 15 is 0 Å². The predicted octanol–water partition coefficient (Wildman–Crippen LogP) is 3.45. The van der Waals surface area contributed by atoms with Crippen LogP contribution in [0.25, 0.3) is 0 Å². The number of ether oxygens (including phenoxy) is 2. The van der Waals surface area contributed by atoms with Gasteiger partial charge < -0.3 is 14.6 Å². The number of aliphatic hydroxyl groups is 1. The Morgan fingerprint density at radius 2 is 1.90 bits per heavy atom. The molecule has 106 valence electrons. The first-order valence-electron chi connectivity index (χ1n) is 6.36. The van der Waals surface area contributed by atoms with Gasteiger partial charge in [-0.1, -0.05) is 41.9 Å². The van der Waals surface area contributed by atoms with Gasteiger partial charge >= 0.3 is 0 Å². The van der Waals surface area contributed by atoms with Crippen molar-refractivity contribution in [2.75, 3.05) is 20.3 Å². The summed E-state index contributed by atoms with van der Waals surface area (Å²) < 4.78 is 10.6. The monoisotopic (exact) mass is 292 g/mol. The molecule has 0 saturated heterocycles. The second-order valence-corrected chi connectivity index (χ2v) is 4.77. The van der Waals surface area contributed by atoms with Gasteiger partial charge in [-0.3, -0.25) is 0 Å². The summed E-state index contributed by atoms with van der Waals surface area (Å²) >= 11 is 5.96. The molecule has 0 spiro atoms. The largest absolute Gasteiger partial charge is 0.491 e. The average Bonchev–Trinajstić information content (AvgIpc) is 2.47. The number of rotatable bonds is 6. The summed E-state index contributed by atoms with van der Waals surface area (Å²) in [6.45, 7) is 0.942. The molecule has 1 atom stereocenters. The van der Waals surface area contributed by atoms with Crippen molar-refractivity contribution in [2.24, 2.45) is 0 Å². The second-order valence-electron chi connectivity index (χ2n) is 4.34. The van der Waals surface area contributed by atoms with Crippen LogP contribution in [0.2, 0.25) is 5.02 Å². The van der Waals surface area contributed by atoms with Crippen molar-refractivity contribution in [3.63, 3.8) is 0 Å². The van der Waals surface area contributed by atoms with Gasteiger partial charge in [-0.15, -0.1) is 0 Å². The smallest absolute Gasteiger partial charge is 0.125 e. The maximum atomic E-state index is 10.5. The maximum absolute atomic E-state index is 10.5. The molecule has 2 rings (SSSR count). The Hall–Kier alpha value is -1.55. The van der Waals surface area contributed by atoms with Crippen molar-refractivity contribution in [1.82, 2.24) is 0 Å². The summed E-state index contributed by atoms with van der Waals surface area (Å²) in [4.78, 5) is 0. The molecule has 4 heteroatoms. The number of hydrogen-bond acceptors (Lipinski definition) is 3. The van der Waals surface area contributed by atoms with Crippen LogP contribution in [0.3, 0.4) is 0 Å². The fraction of sp³-hybridized carbons (Fsp3) is 0.250. The fourth-order valence-corrected chi connectivity index (χ4v) is 2.13. The highest BCUT2D eigenvalue weighted by Gasteiger charge is 2.15. The van der Waals surface area contributed by atoms with Crippen molar-refractivity contribution in [2.45, 2.75) is 6.10 Å². The van der Waals surface area contributed by atoms with E-state index in [1.54, 1.807) is 19.2 Å². The molecule has 0 aliphatic heterocycles. The molecule has 0 bridgehead atoms. The molecule has 0 fully saturated rings. The minimum Gasteiger partial charge on any atom is -0.491 e. The van der Waals surface area contributed by atoms with Gasteiger partial charge in [0.15, 0.2) is 0 Å². The first-order chi connectivity index (χ1) is 9.72. The Morgan fingerprint density at radius 3 is 2.65 bits per heavy atom. The lowest BCUT2D eigenvalue weighted by atomic mass is 10.0. The molecule has 2 aromatic carbocycles. The van der Waals surface area contributed by atoms with E-state index in [4.69, 9.17) is 21.1 Å². The zero-order valence-electron chi connectivity index (χ0n) is 11.3. The summed E-state index contributed by atoms with van der Waals surface area (Å²) in [6.07, 6.45) is -0.771. The topological polar surface area (TPSA) is 38.7 Å². The van der Waals surface area contributed by atoms with Crippen LogP contribution in [0.15, 0.2) is 48.5 Å². The van der Waals surface area contributed by atoms with Crippen LogP contribution < -0.4 is 4.74 Å². The highest BCUT2D eigenvalue weighted by atomic mass is 35.5. The molecular formula is C16H17ClO3. The number of hydrogen-bond donors (Lipinski definition) is 1. The highest BCUT2D eigenvalue weighted by molar-refractivity contribution is 6.30. The molecule has 3 nitrogen and oxygen atoms in total. The molecule has 20 heavy (non-hydrogen) atoms. The van der Waals surface area contributed by atoms with Crippen LogP contribution in [-0.4, -0.2) is 25.4 Å². The minimum atomic E-state index is -0.771. The highest BCUT2D eigenvalue weighted by Crippen LogP contribution is 2.30. The molecule has 1 N–H and O–H groups in total. The summed E-state index contributed by atoms with van der Waals surface area (Å²) in [7, 11) is 1.62. The molecule has 0 amide bonds. The summed E-state index contributed by atoms with van der Waals surface area (Å²) in [6, 6.07) is 14.6. The van der Waals surface area contributed by atoms with Crippen LogP contribution >= 0.6 is 11.6 Å². The Labute approximate surface area is 123 Å².